The molecule has 0 saturated heterocycles. The highest BCUT2D eigenvalue weighted by molar-refractivity contribution is 7.50. The SMILES string of the molecule is O=P(O)(O)N=C1C=CC=C(O)C1CCCc1ccc(O)cc1. The fourth-order valence-electron chi connectivity index (χ4n) is 2.35. The summed E-state index contributed by atoms with van der Waals surface area (Å²) in [5, 5.41) is 19.1. The largest absolute Gasteiger partial charge is 0.512 e. The summed E-state index contributed by atoms with van der Waals surface area (Å²) >= 11 is 0. The fraction of sp³-hybridized carbons (Fsp3) is 0.267. The first-order valence-electron chi connectivity index (χ1n) is 6.86. The van der Waals surface area contributed by atoms with Gasteiger partial charge in [-0.1, -0.05) is 18.2 Å². The fourth-order valence-corrected chi connectivity index (χ4v) is 2.86. The summed E-state index contributed by atoms with van der Waals surface area (Å²) in [6.07, 6.45) is 6.49. The lowest BCUT2D eigenvalue weighted by atomic mass is 9.90. The van der Waals surface area contributed by atoms with Crippen LogP contribution in [0.3, 0.4) is 0 Å². The van der Waals surface area contributed by atoms with Crippen molar-refractivity contribution in [2.24, 2.45) is 10.7 Å². The third-order valence-corrected chi connectivity index (χ3v) is 3.88. The molecule has 1 aromatic rings. The highest BCUT2D eigenvalue weighted by Crippen LogP contribution is 2.38. The number of hydrogen-bond acceptors (Lipinski definition) is 3. The Labute approximate surface area is 128 Å². The van der Waals surface area contributed by atoms with E-state index in [9.17, 15) is 14.8 Å². The average Bonchev–Trinajstić information content (AvgIpc) is 2.42. The van der Waals surface area contributed by atoms with E-state index in [1.54, 1.807) is 12.1 Å². The summed E-state index contributed by atoms with van der Waals surface area (Å²) in [5.41, 5.74) is 1.24. The lowest BCUT2D eigenvalue weighted by Crippen LogP contribution is -2.18. The van der Waals surface area contributed by atoms with Gasteiger partial charge >= 0.3 is 7.75 Å². The zero-order valence-electron chi connectivity index (χ0n) is 11.8. The van der Waals surface area contributed by atoms with Crippen LogP contribution in [0.4, 0.5) is 0 Å². The van der Waals surface area contributed by atoms with Crippen molar-refractivity contribution in [1.82, 2.24) is 0 Å². The van der Waals surface area contributed by atoms with Crippen LogP contribution in [0.5, 0.6) is 5.75 Å². The molecule has 118 valence electrons. The Kier molecular flexibility index (Phi) is 5.19. The third kappa shape index (κ3) is 4.84. The minimum Gasteiger partial charge on any atom is -0.512 e. The van der Waals surface area contributed by atoms with Crippen molar-refractivity contribution in [1.29, 1.82) is 0 Å². The Morgan fingerprint density at radius 2 is 1.82 bits per heavy atom. The number of aliphatic hydroxyl groups is 1. The van der Waals surface area contributed by atoms with Crippen LogP contribution in [0.2, 0.25) is 0 Å². The van der Waals surface area contributed by atoms with E-state index < -0.39 is 13.7 Å². The van der Waals surface area contributed by atoms with Gasteiger partial charge in [0.25, 0.3) is 0 Å². The number of aliphatic hydroxyl groups excluding tert-OH is 1. The molecule has 2 rings (SSSR count). The van der Waals surface area contributed by atoms with E-state index in [4.69, 9.17) is 9.79 Å². The molecule has 1 unspecified atom stereocenters. The molecule has 0 aliphatic heterocycles. The third-order valence-electron chi connectivity index (χ3n) is 3.39. The smallest absolute Gasteiger partial charge is 0.448 e. The molecule has 7 heteroatoms. The van der Waals surface area contributed by atoms with Gasteiger partial charge in [-0.25, -0.2) is 4.57 Å². The molecule has 0 spiro atoms. The first-order valence-corrected chi connectivity index (χ1v) is 8.42. The number of hydrogen-bond donors (Lipinski definition) is 4. The van der Waals surface area contributed by atoms with Crippen molar-refractivity contribution < 1.29 is 24.6 Å². The number of phenols is 1. The molecule has 22 heavy (non-hydrogen) atoms. The van der Waals surface area contributed by atoms with Gasteiger partial charge in [-0.05, 0) is 49.1 Å². The maximum atomic E-state index is 11.0. The van der Waals surface area contributed by atoms with Crippen molar-refractivity contribution in [2.75, 3.05) is 0 Å². The van der Waals surface area contributed by atoms with Gasteiger partial charge in [0.05, 0.1) is 11.6 Å². The zero-order valence-corrected chi connectivity index (χ0v) is 12.7. The first kappa shape index (κ1) is 16.5. The van der Waals surface area contributed by atoms with Crippen LogP contribution >= 0.6 is 7.75 Å². The van der Waals surface area contributed by atoms with Crippen molar-refractivity contribution in [2.45, 2.75) is 19.3 Å². The van der Waals surface area contributed by atoms with Crippen LogP contribution in [0.1, 0.15) is 18.4 Å². The minimum atomic E-state index is -4.52. The van der Waals surface area contributed by atoms with E-state index >= 15 is 0 Å². The molecule has 0 saturated carbocycles. The Morgan fingerprint density at radius 3 is 2.45 bits per heavy atom. The Morgan fingerprint density at radius 1 is 1.14 bits per heavy atom. The van der Waals surface area contributed by atoms with Gasteiger partial charge in [-0.15, -0.1) is 0 Å². The molecule has 0 bridgehead atoms. The van der Waals surface area contributed by atoms with Gasteiger partial charge in [-0.3, -0.25) is 0 Å². The molecule has 1 aromatic carbocycles. The van der Waals surface area contributed by atoms with Gasteiger partial charge in [0, 0.05) is 0 Å². The first-order chi connectivity index (χ1) is 10.3. The lowest BCUT2D eigenvalue weighted by Gasteiger charge is -2.19. The quantitative estimate of drug-likeness (QED) is 0.623. The molecule has 1 atom stereocenters. The molecule has 4 N–H and O–H groups in total. The number of allylic oxidation sites excluding steroid dienone is 4. The molecule has 0 radical (unpaired) electrons. The molecule has 1 aliphatic carbocycles. The van der Waals surface area contributed by atoms with Crippen LogP contribution in [-0.4, -0.2) is 25.7 Å². The molecule has 6 nitrogen and oxygen atoms in total. The second-order valence-corrected chi connectivity index (χ2v) is 6.33. The van der Waals surface area contributed by atoms with Gasteiger partial charge in [-0.2, -0.15) is 4.76 Å². The van der Waals surface area contributed by atoms with Gasteiger partial charge in [0.1, 0.15) is 11.5 Å². The molecule has 0 amide bonds. The summed E-state index contributed by atoms with van der Waals surface area (Å²) in [7, 11) is -4.52. The van der Waals surface area contributed by atoms with E-state index in [1.807, 2.05) is 12.1 Å². The van der Waals surface area contributed by atoms with E-state index in [0.29, 0.717) is 12.8 Å². The number of nitrogens with zero attached hydrogens (tertiary/aromatic N) is 1. The van der Waals surface area contributed by atoms with E-state index in [0.717, 1.165) is 12.0 Å². The second-order valence-electron chi connectivity index (χ2n) is 5.10. The van der Waals surface area contributed by atoms with Crippen LogP contribution < -0.4 is 0 Å². The van der Waals surface area contributed by atoms with Crippen LogP contribution in [-0.2, 0) is 11.0 Å². The molecule has 0 heterocycles. The van der Waals surface area contributed by atoms with Crippen molar-refractivity contribution >= 4 is 13.5 Å². The minimum absolute atomic E-state index is 0.0559. The predicted molar refractivity (Wildman–Crippen MR) is 83.9 cm³/mol. The molecular formula is C15H18NO5P. The maximum absolute atomic E-state index is 11.0. The Hall–Kier alpha value is -1.88. The van der Waals surface area contributed by atoms with E-state index in [-0.39, 0.29) is 17.2 Å². The summed E-state index contributed by atoms with van der Waals surface area (Å²) in [6, 6.07) is 6.85. The Bertz CT molecular complexity index is 657. The molecular weight excluding hydrogens is 305 g/mol. The molecule has 1 aliphatic rings. The monoisotopic (exact) mass is 323 g/mol. The molecule has 0 aromatic heterocycles. The van der Waals surface area contributed by atoms with Gasteiger partial charge in [0.15, 0.2) is 0 Å². The summed E-state index contributed by atoms with van der Waals surface area (Å²) in [6.45, 7) is 0. The van der Waals surface area contributed by atoms with Crippen molar-refractivity contribution in [3.63, 3.8) is 0 Å². The number of aromatic hydroxyl groups is 1. The van der Waals surface area contributed by atoms with Gasteiger partial charge < -0.3 is 20.0 Å². The zero-order chi connectivity index (χ0) is 16.2. The predicted octanol–water partition coefficient (Wildman–Crippen LogP) is 2.88. The summed E-state index contributed by atoms with van der Waals surface area (Å²) < 4.78 is 14.4. The average molecular weight is 323 g/mol. The second kappa shape index (κ2) is 6.92. The topological polar surface area (TPSA) is 110 Å². The molecule has 0 fully saturated rings. The van der Waals surface area contributed by atoms with E-state index in [2.05, 4.69) is 4.76 Å². The standard InChI is InChI=1S/C15H18NO5P/c17-12-9-7-11(8-10-12)3-1-4-13-14(16-22(19,20)21)5-2-6-15(13)18/h2,5-10,13,17-18H,1,3-4H2,(H2,19,20,21). The number of phenolic OH excluding ortho intramolecular Hbond substituents is 1. The highest BCUT2D eigenvalue weighted by atomic mass is 31.2. The number of aryl methyl sites for hydroxylation is 1. The van der Waals surface area contributed by atoms with Crippen LogP contribution in [0, 0.1) is 5.92 Å². The number of benzene rings is 1. The summed E-state index contributed by atoms with van der Waals surface area (Å²) in [5.74, 6) is -0.243. The van der Waals surface area contributed by atoms with Crippen LogP contribution in [0.15, 0.2) is 53.0 Å². The normalized spacial score (nSPS) is 20.2. The van der Waals surface area contributed by atoms with Crippen molar-refractivity contribution in [3.8, 4) is 5.75 Å². The van der Waals surface area contributed by atoms with Gasteiger partial charge in [0.2, 0.25) is 0 Å². The number of rotatable bonds is 5. The summed E-state index contributed by atoms with van der Waals surface area (Å²) in [4.78, 5) is 17.9. The maximum Gasteiger partial charge on any atom is 0.448 e. The van der Waals surface area contributed by atoms with E-state index in [1.165, 1.54) is 18.2 Å². The lowest BCUT2D eigenvalue weighted by molar-refractivity contribution is 0.352. The highest BCUT2D eigenvalue weighted by Gasteiger charge is 2.24. The Balaban J connectivity index is 2.01. The van der Waals surface area contributed by atoms with Crippen LogP contribution in [0.25, 0.3) is 0 Å². The van der Waals surface area contributed by atoms with Crippen molar-refractivity contribution in [3.05, 3.63) is 53.8 Å².